The molecule has 3 aromatic rings. The number of rotatable bonds is 7. The Hall–Kier alpha value is -4.86. The molecule has 0 aromatic heterocycles. The number of nitro benzene ring substituents is 1. The molecule has 10 nitrogen and oxygen atoms in total. The summed E-state index contributed by atoms with van der Waals surface area (Å²) in [4.78, 5) is 62.8. The molecule has 0 bridgehead atoms. The number of carbonyl (C=O) groups is 4. The van der Waals surface area contributed by atoms with Crippen LogP contribution in [0.3, 0.4) is 0 Å². The van der Waals surface area contributed by atoms with Crippen LogP contribution in [-0.2, 0) is 0 Å². The first kappa shape index (κ1) is 22.3. The van der Waals surface area contributed by atoms with Crippen LogP contribution in [0.1, 0.15) is 41.4 Å². The number of nitro groups is 1. The van der Waals surface area contributed by atoms with Gasteiger partial charge < -0.3 is 4.74 Å². The smallest absolute Gasteiger partial charge is 0.280 e. The first-order valence-electron chi connectivity index (χ1n) is 10.0. The van der Waals surface area contributed by atoms with Gasteiger partial charge in [-0.05, 0) is 36.4 Å². The Balaban J connectivity index is 1.72. The molecule has 0 N–H and O–H groups in total. The normalized spacial score (nSPS) is 12.3. The lowest BCUT2D eigenvalue weighted by Crippen LogP contribution is -2.51. The molecule has 0 unspecified atom stereocenters. The Morgan fingerprint density at radius 1 is 0.912 bits per heavy atom. The van der Waals surface area contributed by atoms with Crippen molar-refractivity contribution in [3.05, 3.63) is 105 Å². The Morgan fingerprint density at radius 2 is 1.53 bits per heavy atom. The third kappa shape index (κ3) is 3.99. The Bertz CT molecular complexity index is 1300. The molecule has 0 atom stereocenters. The standard InChI is InChI=1S/C24H17N3O7/c1-34-18-6-4-5-16(13-18)21(28)14-25(22(29)15-9-11-17(12-10-15)27(32)33)26-23(30)19-7-2-3-8-20(19)24(26)31/h2-13H,14H2,1H3. The summed E-state index contributed by atoms with van der Waals surface area (Å²) in [7, 11) is 1.44. The van der Waals surface area contributed by atoms with Crippen LogP contribution >= 0.6 is 0 Å². The highest BCUT2D eigenvalue weighted by Gasteiger charge is 2.42. The van der Waals surface area contributed by atoms with E-state index in [1.54, 1.807) is 24.3 Å². The third-order valence-electron chi connectivity index (χ3n) is 5.26. The number of carbonyl (C=O) groups excluding carboxylic acids is 4. The summed E-state index contributed by atoms with van der Waals surface area (Å²) in [6.45, 7) is -0.630. The molecular weight excluding hydrogens is 442 g/mol. The average Bonchev–Trinajstić information content (AvgIpc) is 3.12. The number of hydrazine groups is 1. The van der Waals surface area contributed by atoms with Gasteiger partial charge >= 0.3 is 0 Å². The highest BCUT2D eigenvalue weighted by Crippen LogP contribution is 2.26. The van der Waals surface area contributed by atoms with Gasteiger partial charge in [-0.2, -0.15) is 5.01 Å². The molecule has 1 aliphatic heterocycles. The van der Waals surface area contributed by atoms with Crippen molar-refractivity contribution < 1.29 is 28.8 Å². The number of hydrogen-bond donors (Lipinski definition) is 0. The van der Waals surface area contributed by atoms with E-state index in [0.29, 0.717) is 10.8 Å². The first-order valence-corrected chi connectivity index (χ1v) is 10.0. The number of amides is 3. The summed E-state index contributed by atoms with van der Waals surface area (Å²) in [5.41, 5.74) is 0.125. The van der Waals surface area contributed by atoms with Crippen LogP contribution in [0.15, 0.2) is 72.8 Å². The van der Waals surface area contributed by atoms with E-state index >= 15 is 0 Å². The lowest BCUT2D eigenvalue weighted by Gasteiger charge is -2.29. The maximum Gasteiger partial charge on any atom is 0.280 e. The summed E-state index contributed by atoms with van der Waals surface area (Å²) >= 11 is 0. The van der Waals surface area contributed by atoms with E-state index in [9.17, 15) is 29.3 Å². The number of nitrogens with zero attached hydrogens (tertiary/aromatic N) is 3. The number of ether oxygens (including phenoxy) is 1. The van der Waals surface area contributed by atoms with Crippen LogP contribution in [0, 0.1) is 10.1 Å². The van der Waals surface area contributed by atoms with Gasteiger partial charge in [-0.15, -0.1) is 0 Å². The monoisotopic (exact) mass is 459 g/mol. The van der Waals surface area contributed by atoms with Gasteiger partial charge in [0, 0.05) is 23.3 Å². The average molecular weight is 459 g/mol. The van der Waals surface area contributed by atoms with E-state index in [4.69, 9.17) is 4.74 Å². The second kappa shape index (κ2) is 8.94. The zero-order chi connectivity index (χ0) is 24.4. The van der Waals surface area contributed by atoms with Gasteiger partial charge in [0.1, 0.15) is 12.3 Å². The van der Waals surface area contributed by atoms with Crippen LogP contribution < -0.4 is 4.74 Å². The molecule has 34 heavy (non-hydrogen) atoms. The molecule has 1 heterocycles. The molecule has 0 fully saturated rings. The molecule has 0 spiro atoms. The second-order valence-electron chi connectivity index (χ2n) is 7.29. The zero-order valence-corrected chi connectivity index (χ0v) is 17.8. The van der Waals surface area contributed by atoms with E-state index in [-0.39, 0.29) is 27.9 Å². The van der Waals surface area contributed by atoms with E-state index < -0.39 is 35.0 Å². The summed E-state index contributed by atoms with van der Waals surface area (Å²) in [6, 6.07) is 16.9. The van der Waals surface area contributed by atoms with Crippen LogP contribution in [0.2, 0.25) is 0 Å². The fourth-order valence-corrected chi connectivity index (χ4v) is 3.53. The molecular formula is C24H17N3O7. The first-order chi connectivity index (χ1) is 16.3. The van der Waals surface area contributed by atoms with Crippen molar-refractivity contribution >= 4 is 29.2 Å². The molecule has 3 aromatic carbocycles. The minimum atomic E-state index is -0.847. The predicted octanol–water partition coefficient (Wildman–Crippen LogP) is 3.14. The number of hydrogen-bond acceptors (Lipinski definition) is 7. The van der Waals surface area contributed by atoms with E-state index in [2.05, 4.69) is 0 Å². The molecule has 0 radical (unpaired) electrons. The van der Waals surface area contributed by atoms with E-state index in [1.165, 1.54) is 43.5 Å². The maximum absolute atomic E-state index is 13.4. The number of fused-ring (bicyclic) bond motifs is 1. The molecule has 1 aliphatic rings. The van der Waals surface area contributed by atoms with Crippen LogP contribution in [0.4, 0.5) is 5.69 Å². The van der Waals surface area contributed by atoms with Gasteiger partial charge in [0.05, 0.1) is 23.2 Å². The summed E-state index contributed by atoms with van der Waals surface area (Å²) < 4.78 is 5.13. The SMILES string of the molecule is COc1cccc(C(=O)CN(C(=O)c2ccc([N+](=O)[O-])cc2)N2C(=O)c3ccccc3C2=O)c1. The van der Waals surface area contributed by atoms with Crippen LogP contribution in [-0.4, -0.2) is 52.1 Å². The topological polar surface area (TPSA) is 127 Å². The van der Waals surface area contributed by atoms with Crippen molar-refractivity contribution in [2.75, 3.05) is 13.7 Å². The number of imide groups is 1. The van der Waals surface area contributed by atoms with Crippen molar-refractivity contribution in [2.45, 2.75) is 0 Å². The fraction of sp³-hybridized carbons (Fsp3) is 0.0833. The Labute approximate surface area is 193 Å². The fourth-order valence-electron chi connectivity index (χ4n) is 3.53. The third-order valence-corrected chi connectivity index (χ3v) is 5.26. The molecule has 0 saturated heterocycles. The lowest BCUT2D eigenvalue weighted by atomic mass is 10.1. The van der Waals surface area contributed by atoms with E-state index in [1.807, 2.05) is 0 Å². The summed E-state index contributed by atoms with van der Waals surface area (Å²) in [6.07, 6.45) is 0. The number of Topliss-reactive ketones (excluding diaryl/α,β-unsaturated/α-hetero) is 1. The van der Waals surface area contributed by atoms with Gasteiger partial charge in [-0.1, -0.05) is 24.3 Å². The largest absolute Gasteiger partial charge is 0.497 e. The predicted molar refractivity (Wildman–Crippen MR) is 118 cm³/mol. The van der Waals surface area contributed by atoms with Crippen molar-refractivity contribution in [3.8, 4) is 5.75 Å². The highest BCUT2D eigenvalue weighted by atomic mass is 16.6. The van der Waals surface area contributed by atoms with Crippen molar-refractivity contribution in [2.24, 2.45) is 0 Å². The van der Waals surface area contributed by atoms with Gasteiger partial charge in [0.25, 0.3) is 23.4 Å². The highest BCUT2D eigenvalue weighted by molar-refractivity contribution is 6.22. The summed E-state index contributed by atoms with van der Waals surface area (Å²) in [5.74, 6) is -2.49. The van der Waals surface area contributed by atoms with Gasteiger partial charge in [0.2, 0.25) is 0 Å². The molecule has 10 heteroatoms. The number of benzene rings is 3. The lowest BCUT2D eigenvalue weighted by molar-refractivity contribution is -0.384. The van der Waals surface area contributed by atoms with Gasteiger partial charge in [0.15, 0.2) is 5.78 Å². The van der Waals surface area contributed by atoms with E-state index in [0.717, 1.165) is 17.1 Å². The molecule has 4 rings (SSSR count). The van der Waals surface area contributed by atoms with Crippen molar-refractivity contribution in [3.63, 3.8) is 0 Å². The molecule has 3 amide bonds. The Kier molecular flexibility index (Phi) is 5.88. The molecule has 170 valence electrons. The van der Waals surface area contributed by atoms with Crippen molar-refractivity contribution in [1.29, 1.82) is 0 Å². The van der Waals surface area contributed by atoms with Crippen molar-refractivity contribution in [1.82, 2.24) is 10.0 Å². The number of methoxy groups -OCH3 is 1. The zero-order valence-electron chi connectivity index (χ0n) is 17.8. The maximum atomic E-state index is 13.4. The van der Waals surface area contributed by atoms with Crippen LogP contribution in [0.5, 0.6) is 5.75 Å². The van der Waals surface area contributed by atoms with Crippen LogP contribution in [0.25, 0.3) is 0 Å². The minimum Gasteiger partial charge on any atom is -0.497 e. The second-order valence-corrected chi connectivity index (χ2v) is 7.29. The number of ketones is 1. The Morgan fingerprint density at radius 3 is 2.09 bits per heavy atom. The molecule has 0 saturated carbocycles. The minimum absolute atomic E-state index is 0.0411. The van der Waals surface area contributed by atoms with Gasteiger partial charge in [-0.3, -0.25) is 29.3 Å². The summed E-state index contributed by atoms with van der Waals surface area (Å²) in [5, 5.41) is 12.3. The van der Waals surface area contributed by atoms with Gasteiger partial charge in [-0.25, -0.2) is 5.01 Å². The quantitative estimate of drug-likeness (QED) is 0.230. The number of non-ortho nitro benzene ring substituents is 1. The molecule has 0 aliphatic carbocycles.